The monoisotopic (exact) mass is 302 g/mol. The molecule has 1 aromatic carbocycles. The maximum Gasteiger partial charge on any atom is 0.305 e. The summed E-state index contributed by atoms with van der Waals surface area (Å²) in [5.41, 5.74) is 0.659. The van der Waals surface area contributed by atoms with E-state index in [-0.39, 0.29) is 11.4 Å². The van der Waals surface area contributed by atoms with Crippen LogP contribution in [0.3, 0.4) is 0 Å². The summed E-state index contributed by atoms with van der Waals surface area (Å²) in [6, 6.07) is 8.88. The molecule has 0 fully saturated rings. The molecule has 2 rings (SSSR count). The molecule has 1 heterocycles. The van der Waals surface area contributed by atoms with E-state index in [0.29, 0.717) is 24.0 Å². The van der Waals surface area contributed by atoms with E-state index in [1.165, 1.54) is 0 Å². The first kappa shape index (κ1) is 16.3. The van der Waals surface area contributed by atoms with Crippen LogP contribution in [-0.2, 0) is 16.0 Å². The molecular weight excluding hydrogens is 280 g/mol. The minimum Gasteiger partial charge on any atom is -0.466 e. The van der Waals surface area contributed by atoms with Crippen LogP contribution in [0.4, 0.5) is 0 Å². The first-order chi connectivity index (χ1) is 10.7. The van der Waals surface area contributed by atoms with Crippen molar-refractivity contribution < 1.29 is 13.9 Å². The van der Waals surface area contributed by atoms with E-state index in [2.05, 4.69) is 0 Å². The third-order valence-electron chi connectivity index (χ3n) is 3.55. The van der Waals surface area contributed by atoms with Gasteiger partial charge in [-0.05, 0) is 31.9 Å². The largest absolute Gasteiger partial charge is 0.466 e. The summed E-state index contributed by atoms with van der Waals surface area (Å²) in [5.74, 6) is 0.608. The van der Waals surface area contributed by atoms with Crippen molar-refractivity contribution in [2.24, 2.45) is 0 Å². The molecule has 0 aliphatic rings. The molecule has 0 spiro atoms. The summed E-state index contributed by atoms with van der Waals surface area (Å²) in [6.45, 7) is 2.26. The van der Waals surface area contributed by atoms with E-state index < -0.39 is 0 Å². The van der Waals surface area contributed by atoms with Crippen molar-refractivity contribution in [1.82, 2.24) is 0 Å². The number of benzene rings is 1. The van der Waals surface area contributed by atoms with Crippen molar-refractivity contribution in [3.05, 3.63) is 46.3 Å². The fourth-order valence-electron chi connectivity index (χ4n) is 2.43. The minimum atomic E-state index is -0.122. The van der Waals surface area contributed by atoms with E-state index in [9.17, 15) is 9.59 Å². The zero-order chi connectivity index (χ0) is 15.8. The maximum absolute atomic E-state index is 12.0. The van der Waals surface area contributed by atoms with Gasteiger partial charge in [-0.1, -0.05) is 25.0 Å². The highest BCUT2D eigenvalue weighted by molar-refractivity contribution is 5.76. The second-order valence-electron chi connectivity index (χ2n) is 5.29. The van der Waals surface area contributed by atoms with E-state index in [4.69, 9.17) is 9.15 Å². The maximum atomic E-state index is 12.0. The van der Waals surface area contributed by atoms with Crippen molar-refractivity contribution >= 4 is 16.9 Å². The van der Waals surface area contributed by atoms with Crippen LogP contribution in [0.5, 0.6) is 0 Å². The summed E-state index contributed by atoms with van der Waals surface area (Å²) < 4.78 is 10.6. The smallest absolute Gasteiger partial charge is 0.305 e. The van der Waals surface area contributed by atoms with Crippen molar-refractivity contribution in [2.75, 3.05) is 6.61 Å². The van der Waals surface area contributed by atoms with Gasteiger partial charge in [-0.3, -0.25) is 9.59 Å². The van der Waals surface area contributed by atoms with Gasteiger partial charge >= 0.3 is 5.97 Å². The van der Waals surface area contributed by atoms with Crippen molar-refractivity contribution in [2.45, 2.75) is 45.4 Å². The van der Waals surface area contributed by atoms with Crippen LogP contribution in [0, 0.1) is 0 Å². The summed E-state index contributed by atoms with van der Waals surface area (Å²) in [6.07, 6.45) is 5.02. The average molecular weight is 302 g/mol. The number of fused-ring (bicyclic) bond motifs is 1. The molecule has 2 aromatic rings. The van der Waals surface area contributed by atoms with Crippen LogP contribution < -0.4 is 5.43 Å². The number of para-hydroxylation sites is 1. The van der Waals surface area contributed by atoms with Gasteiger partial charge < -0.3 is 9.15 Å². The quantitative estimate of drug-likeness (QED) is 0.549. The normalized spacial score (nSPS) is 10.8. The first-order valence-corrected chi connectivity index (χ1v) is 7.88. The Morgan fingerprint density at radius 2 is 1.91 bits per heavy atom. The van der Waals surface area contributed by atoms with Gasteiger partial charge in [0.05, 0.1) is 12.0 Å². The molecule has 4 heteroatoms. The zero-order valence-corrected chi connectivity index (χ0v) is 13.0. The van der Waals surface area contributed by atoms with Gasteiger partial charge in [-0.2, -0.15) is 0 Å². The number of esters is 1. The van der Waals surface area contributed by atoms with Gasteiger partial charge in [0.2, 0.25) is 0 Å². The number of ether oxygens (including phenoxy) is 1. The number of rotatable bonds is 8. The number of aryl methyl sites for hydroxylation is 1. The van der Waals surface area contributed by atoms with Gasteiger partial charge in [-0.15, -0.1) is 0 Å². The fraction of sp³-hybridized carbons (Fsp3) is 0.444. The molecule has 0 N–H and O–H groups in total. The van der Waals surface area contributed by atoms with Crippen LogP contribution in [0.1, 0.15) is 44.8 Å². The number of unbranched alkanes of at least 4 members (excludes halogenated alkanes) is 3. The SMILES string of the molecule is CCOC(=O)CCCCCCc1cc(=O)c2ccccc2o1. The lowest BCUT2D eigenvalue weighted by molar-refractivity contribution is -0.143. The van der Waals surface area contributed by atoms with Crippen molar-refractivity contribution in [3.63, 3.8) is 0 Å². The molecule has 4 nitrogen and oxygen atoms in total. The highest BCUT2D eigenvalue weighted by atomic mass is 16.5. The molecule has 0 saturated carbocycles. The number of hydrogen-bond donors (Lipinski definition) is 0. The highest BCUT2D eigenvalue weighted by Crippen LogP contribution is 2.14. The highest BCUT2D eigenvalue weighted by Gasteiger charge is 2.04. The molecule has 22 heavy (non-hydrogen) atoms. The summed E-state index contributed by atoms with van der Waals surface area (Å²) >= 11 is 0. The summed E-state index contributed by atoms with van der Waals surface area (Å²) in [4.78, 5) is 23.1. The Morgan fingerprint density at radius 3 is 2.73 bits per heavy atom. The predicted octanol–water partition coefficient (Wildman–Crippen LogP) is 3.85. The molecule has 0 radical (unpaired) electrons. The van der Waals surface area contributed by atoms with Crippen LogP contribution in [0.25, 0.3) is 11.0 Å². The van der Waals surface area contributed by atoms with Gasteiger partial charge in [0.25, 0.3) is 0 Å². The number of carbonyl (C=O) groups is 1. The Morgan fingerprint density at radius 1 is 1.14 bits per heavy atom. The van der Waals surface area contributed by atoms with Crippen molar-refractivity contribution in [3.8, 4) is 0 Å². The standard InChI is InChI=1S/C18H22O4/c1-2-21-18(20)12-6-4-3-5-9-14-13-16(19)15-10-7-8-11-17(15)22-14/h7-8,10-11,13H,2-6,9,12H2,1H3. The fourth-order valence-corrected chi connectivity index (χ4v) is 2.43. The average Bonchev–Trinajstić information content (AvgIpc) is 2.51. The van der Waals surface area contributed by atoms with Crippen LogP contribution in [0.15, 0.2) is 39.5 Å². The van der Waals surface area contributed by atoms with Crippen molar-refractivity contribution in [1.29, 1.82) is 0 Å². The third-order valence-corrected chi connectivity index (χ3v) is 3.55. The van der Waals surface area contributed by atoms with E-state index in [0.717, 1.165) is 37.9 Å². The molecule has 0 unspecified atom stereocenters. The Bertz CT molecular complexity index is 672. The van der Waals surface area contributed by atoms with Gasteiger partial charge in [0.1, 0.15) is 11.3 Å². The second-order valence-corrected chi connectivity index (χ2v) is 5.29. The molecule has 0 aliphatic carbocycles. The Kier molecular flexibility index (Phi) is 6.19. The molecule has 0 atom stereocenters. The first-order valence-electron chi connectivity index (χ1n) is 7.88. The van der Waals surface area contributed by atoms with Crippen LogP contribution in [0.2, 0.25) is 0 Å². The lowest BCUT2D eigenvalue weighted by Crippen LogP contribution is -2.03. The minimum absolute atomic E-state index is 0.0131. The molecule has 0 saturated heterocycles. The Hall–Kier alpha value is -2.10. The molecule has 1 aromatic heterocycles. The molecule has 0 amide bonds. The zero-order valence-electron chi connectivity index (χ0n) is 13.0. The Labute approximate surface area is 130 Å². The van der Waals surface area contributed by atoms with E-state index in [1.54, 1.807) is 12.1 Å². The molecule has 0 aliphatic heterocycles. The molecule has 0 bridgehead atoms. The van der Waals surface area contributed by atoms with Crippen LogP contribution in [-0.4, -0.2) is 12.6 Å². The lowest BCUT2D eigenvalue weighted by atomic mass is 10.1. The lowest BCUT2D eigenvalue weighted by Gasteiger charge is -2.04. The summed E-state index contributed by atoms with van der Waals surface area (Å²) in [7, 11) is 0. The predicted molar refractivity (Wildman–Crippen MR) is 85.9 cm³/mol. The Balaban J connectivity index is 1.76. The van der Waals surface area contributed by atoms with E-state index >= 15 is 0 Å². The van der Waals surface area contributed by atoms with Gasteiger partial charge in [0.15, 0.2) is 5.43 Å². The topological polar surface area (TPSA) is 56.5 Å². The summed E-state index contributed by atoms with van der Waals surface area (Å²) in [5, 5.41) is 0.626. The number of hydrogen-bond acceptors (Lipinski definition) is 4. The van der Waals surface area contributed by atoms with Crippen LogP contribution >= 0.6 is 0 Å². The second kappa shape index (κ2) is 8.37. The van der Waals surface area contributed by atoms with Gasteiger partial charge in [-0.25, -0.2) is 0 Å². The third kappa shape index (κ3) is 4.72. The van der Waals surface area contributed by atoms with Gasteiger partial charge in [0, 0.05) is 18.9 Å². The van der Waals surface area contributed by atoms with E-state index in [1.807, 2.05) is 25.1 Å². The molecular formula is C18H22O4. The molecule has 118 valence electrons. The number of carbonyl (C=O) groups excluding carboxylic acids is 1.